The lowest BCUT2D eigenvalue weighted by molar-refractivity contribution is -0.120. The fourth-order valence-corrected chi connectivity index (χ4v) is 2.92. The van der Waals surface area contributed by atoms with Crippen molar-refractivity contribution < 1.29 is 14.1 Å². The molecule has 2 amide bonds. The Morgan fingerprint density at radius 2 is 2.04 bits per heavy atom. The molecule has 0 saturated carbocycles. The van der Waals surface area contributed by atoms with Crippen LogP contribution in [0.1, 0.15) is 44.9 Å². The van der Waals surface area contributed by atoms with Gasteiger partial charge in [0.2, 0.25) is 17.7 Å². The van der Waals surface area contributed by atoms with Gasteiger partial charge >= 0.3 is 0 Å². The molecule has 1 aromatic carbocycles. The minimum atomic E-state index is -0.569. The maximum Gasteiger partial charge on any atom is 0.249 e. The summed E-state index contributed by atoms with van der Waals surface area (Å²) in [6.07, 6.45) is 2.54. The van der Waals surface area contributed by atoms with E-state index in [0.717, 1.165) is 11.3 Å². The van der Waals surface area contributed by atoms with Crippen LogP contribution < -0.4 is 10.2 Å². The van der Waals surface area contributed by atoms with E-state index in [0.29, 0.717) is 24.4 Å². The highest BCUT2D eigenvalue weighted by Gasteiger charge is 2.37. The van der Waals surface area contributed by atoms with Crippen molar-refractivity contribution in [2.75, 3.05) is 10.2 Å². The Bertz CT molecular complexity index is 831. The van der Waals surface area contributed by atoms with Gasteiger partial charge in [-0.25, -0.2) is 0 Å². The first kappa shape index (κ1) is 17.9. The van der Waals surface area contributed by atoms with Gasteiger partial charge in [-0.3, -0.25) is 19.8 Å². The average molecular weight is 353 g/mol. The van der Waals surface area contributed by atoms with Gasteiger partial charge in [-0.2, -0.15) is 0 Å². The molecule has 1 N–H and O–H groups in total. The summed E-state index contributed by atoms with van der Waals surface area (Å²) < 4.78 is 5.22. The van der Waals surface area contributed by atoms with Crippen molar-refractivity contribution in [3.8, 4) is 0 Å². The zero-order chi connectivity index (χ0) is 18.9. The van der Waals surface area contributed by atoms with Crippen LogP contribution in [0.5, 0.6) is 0 Å². The molecule has 2 heterocycles. The first-order valence-electron chi connectivity index (χ1n) is 8.62. The van der Waals surface area contributed by atoms with E-state index in [-0.39, 0.29) is 17.2 Å². The molecule has 0 radical (unpaired) electrons. The maximum absolute atomic E-state index is 12.7. The molecule has 1 saturated heterocycles. The molecule has 0 spiro atoms. The molecule has 136 valence electrons. The van der Waals surface area contributed by atoms with Crippen molar-refractivity contribution in [3.63, 3.8) is 0 Å². The molecule has 26 heavy (non-hydrogen) atoms. The van der Waals surface area contributed by atoms with Crippen molar-refractivity contribution in [1.82, 2.24) is 5.16 Å². The van der Waals surface area contributed by atoms with E-state index in [2.05, 4.69) is 17.1 Å². The second-order valence-electron chi connectivity index (χ2n) is 7.43. The number of nitrogens with one attached hydrogen (secondary N) is 1. The molecule has 1 atom stereocenters. The van der Waals surface area contributed by atoms with Gasteiger partial charge < -0.3 is 4.52 Å². The fraction of sp³-hybridized carbons (Fsp3) is 0.350. The van der Waals surface area contributed by atoms with Gasteiger partial charge in [-0.15, -0.1) is 0 Å². The van der Waals surface area contributed by atoms with E-state index in [4.69, 9.17) is 4.52 Å². The van der Waals surface area contributed by atoms with E-state index >= 15 is 0 Å². The Balaban J connectivity index is 1.77. The van der Waals surface area contributed by atoms with Gasteiger partial charge in [0.25, 0.3) is 0 Å². The summed E-state index contributed by atoms with van der Waals surface area (Å²) in [5.41, 5.74) is 2.24. The summed E-state index contributed by atoms with van der Waals surface area (Å²) in [6, 6.07) is 8.54. The molecule has 0 aliphatic carbocycles. The summed E-state index contributed by atoms with van der Waals surface area (Å²) in [7, 11) is 0. The number of hydrogen-bond acceptors (Lipinski definition) is 4. The average Bonchev–Trinajstić information content (AvgIpc) is 3.21. The summed E-state index contributed by atoms with van der Waals surface area (Å²) >= 11 is 0. The number of amides is 2. The zero-order valence-corrected chi connectivity index (χ0v) is 15.3. The summed E-state index contributed by atoms with van der Waals surface area (Å²) in [6.45, 7) is 9.77. The van der Waals surface area contributed by atoms with E-state index in [9.17, 15) is 9.59 Å². The van der Waals surface area contributed by atoms with Crippen LogP contribution in [-0.2, 0) is 15.0 Å². The number of benzene rings is 1. The number of rotatable bonds is 4. The van der Waals surface area contributed by atoms with Gasteiger partial charge in [0.1, 0.15) is 6.04 Å². The van der Waals surface area contributed by atoms with Crippen molar-refractivity contribution in [1.29, 1.82) is 0 Å². The summed E-state index contributed by atoms with van der Waals surface area (Å²) in [4.78, 5) is 26.6. The molecule has 6 heteroatoms. The largest absolute Gasteiger partial charge is 0.338 e. The Hall–Kier alpha value is -2.89. The Morgan fingerprint density at radius 3 is 2.62 bits per heavy atom. The van der Waals surface area contributed by atoms with Crippen LogP contribution in [0, 0.1) is 0 Å². The molecule has 2 aromatic rings. The first-order valence-corrected chi connectivity index (χ1v) is 8.62. The van der Waals surface area contributed by atoms with Crippen LogP contribution in [-0.4, -0.2) is 23.0 Å². The highest BCUT2D eigenvalue weighted by Crippen LogP contribution is 2.29. The van der Waals surface area contributed by atoms with Gasteiger partial charge in [-0.1, -0.05) is 50.7 Å². The first-order chi connectivity index (χ1) is 12.3. The molecular weight excluding hydrogens is 330 g/mol. The third kappa shape index (κ3) is 3.54. The minimum absolute atomic E-state index is 0.0653. The van der Waals surface area contributed by atoms with E-state index in [1.807, 2.05) is 45.0 Å². The van der Waals surface area contributed by atoms with Crippen LogP contribution in [0.4, 0.5) is 11.6 Å². The Morgan fingerprint density at radius 1 is 1.35 bits per heavy atom. The molecular formula is C20H23N3O3. The molecule has 1 unspecified atom stereocenters. The molecule has 1 aliphatic heterocycles. The SMILES string of the molecule is C=Cc1ccc(N2C(=O)CCC2C(=O)Nc2cc(C(C)(C)C)no2)cc1. The predicted octanol–water partition coefficient (Wildman–Crippen LogP) is 3.75. The fourth-order valence-electron chi connectivity index (χ4n) is 2.92. The van der Waals surface area contributed by atoms with Gasteiger partial charge in [0.15, 0.2) is 0 Å². The van der Waals surface area contributed by atoms with Gasteiger partial charge in [0, 0.05) is 23.6 Å². The van der Waals surface area contributed by atoms with Gasteiger partial charge in [-0.05, 0) is 24.1 Å². The predicted molar refractivity (Wildman–Crippen MR) is 101 cm³/mol. The van der Waals surface area contributed by atoms with Crippen LogP contribution in [0.2, 0.25) is 0 Å². The number of carbonyl (C=O) groups is 2. The number of nitrogens with zero attached hydrogens (tertiary/aromatic N) is 2. The van der Waals surface area contributed by atoms with Crippen molar-refractivity contribution in [2.45, 2.75) is 45.1 Å². The lowest BCUT2D eigenvalue weighted by Gasteiger charge is -2.23. The quantitative estimate of drug-likeness (QED) is 0.908. The third-order valence-electron chi connectivity index (χ3n) is 4.45. The third-order valence-corrected chi connectivity index (χ3v) is 4.45. The van der Waals surface area contributed by atoms with E-state index in [1.165, 1.54) is 0 Å². The second-order valence-corrected chi connectivity index (χ2v) is 7.43. The number of carbonyl (C=O) groups excluding carboxylic acids is 2. The molecule has 1 aliphatic rings. The Labute approximate surface area is 152 Å². The van der Waals surface area contributed by atoms with Crippen molar-refractivity contribution in [3.05, 3.63) is 48.2 Å². The molecule has 6 nitrogen and oxygen atoms in total. The molecule has 1 fully saturated rings. The maximum atomic E-state index is 12.7. The van der Waals surface area contributed by atoms with Gasteiger partial charge in [0.05, 0.1) is 5.69 Å². The van der Waals surface area contributed by atoms with Crippen LogP contribution in [0.3, 0.4) is 0 Å². The zero-order valence-electron chi connectivity index (χ0n) is 15.3. The summed E-state index contributed by atoms with van der Waals surface area (Å²) in [5, 5.41) is 6.74. The van der Waals surface area contributed by atoms with Crippen molar-refractivity contribution in [2.24, 2.45) is 0 Å². The monoisotopic (exact) mass is 353 g/mol. The molecule has 0 bridgehead atoms. The van der Waals surface area contributed by atoms with Crippen LogP contribution in [0.15, 0.2) is 41.4 Å². The lowest BCUT2D eigenvalue weighted by atomic mass is 9.92. The topological polar surface area (TPSA) is 75.4 Å². The van der Waals surface area contributed by atoms with E-state index < -0.39 is 6.04 Å². The number of anilines is 2. The van der Waals surface area contributed by atoms with Crippen LogP contribution >= 0.6 is 0 Å². The van der Waals surface area contributed by atoms with E-state index in [1.54, 1.807) is 17.0 Å². The highest BCUT2D eigenvalue weighted by atomic mass is 16.5. The van der Waals surface area contributed by atoms with Crippen molar-refractivity contribution >= 4 is 29.5 Å². The standard InChI is InChI=1S/C20H23N3O3/c1-5-13-6-8-14(9-7-13)23-15(10-11-18(23)24)19(25)21-17-12-16(22-26-17)20(2,3)4/h5-9,12,15H,1,10-11H2,2-4H3,(H,21,25). The highest BCUT2D eigenvalue weighted by molar-refractivity contribution is 6.07. The number of hydrogen-bond donors (Lipinski definition) is 1. The minimum Gasteiger partial charge on any atom is -0.338 e. The molecule has 1 aromatic heterocycles. The lowest BCUT2D eigenvalue weighted by Crippen LogP contribution is -2.41. The number of aromatic nitrogens is 1. The summed E-state index contributed by atoms with van der Waals surface area (Å²) in [5.74, 6) is -0.0501. The molecule has 3 rings (SSSR count). The second kappa shape index (κ2) is 6.78. The smallest absolute Gasteiger partial charge is 0.249 e. The Kier molecular flexibility index (Phi) is 4.68. The normalized spacial score (nSPS) is 17.4. The van der Waals surface area contributed by atoms with Crippen LogP contribution in [0.25, 0.3) is 6.08 Å².